The molecule has 0 aliphatic heterocycles. The highest BCUT2D eigenvalue weighted by molar-refractivity contribution is 6.07. The van der Waals surface area contributed by atoms with Crippen molar-refractivity contribution in [3.8, 4) is 0 Å². The lowest BCUT2D eigenvalue weighted by molar-refractivity contribution is -0.140. The highest BCUT2D eigenvalue weighted by Crippen LogP contribution is 2.02. The van der Waals surface area contributed by atoms with Crippen LogP contribution in [-0.4, -0.2) is 34.6 Å². The van der Waals surface area contributed by atoms with Gasteiger partial charge in [0, 0.05) is 5.56 Å². The third kappa shape index (κ3) is 9.06. The number of benzene rings is 1. The van der Waals surface area contributed by atoms with Gasteiger partial charge in [-0.05, 0) is 6.92 Å². The van der Waals surface area contributed by atoms with Crippen LogP contribution in [0.15, 0.2) is 30.3 Å². The van der Waals surface area contributed by atoms with E-state index in [9.17, 15) is 19.2 Å². The number of hydrogen-bond acceptors (Lipinski definition) is 5. The Labute approximate surface area is 121 Å². The number of nitrogens with two attached hydrogens (primary N) is 2. The molecule has 5 N–H and O–H groups in total. The van der Waals surface area contributed by atoms with Gasteiger partial charge in [-0.2, -0.15) is 0 Å². The van der Waals surface area contributed by atoms with E-state index in [0.717, 1.165) is 0 Å². The number of carbonyl (C=O) groups excluding carboxylic acids is 3. The van der Waals surface area contributed by atoms with Crippen LogP contribution >= 0.6 is 0 Å². The number of hydrogen-bond donors (Lipinski definition) is 3. The summed E-state index contributed by atoms with van der Waals surface area (Å²) in [5.74, 6) is -2.12. The van der Waals surface area contributed by atoms with Crippen LogP contribution in [0.3, 0.4) is 0 Å². The molecule has 7 nitrogen and oxygen atoms in total. The molecule has 0 radical (unpaired) electrons. The summed E-state index contributed by atoms with van der Waals surface area (Å²) >= 11 is 0. The fourth-order valence-electron chi connectivity index (χ4n) is 1.26. The van der Waals surface area contributed by atoms with Crippen molar-refractivity contribution in [3.05, 3.63) is 35.9 Å². The number of rotatable bonds is 6. The van der Waals surface area contributed by atoms with Gasteiger partial charge in [-0.1, -0.05) is 30.3 Å². The SMILES string of the molecule is CC(=O)CC(=O)c1ccccc1.NC(=O)C[C@H](N)C(=O)O. The molecule has 0 saturated heterocycles. The number of Topliss-reactive ketones (excluding diaryl/α,β-unsaturated/α-hetero) is 2. The molecule has 0 saturated carbocycles. The minimum absolute atomic E-state index is 0.00398. The average molecular weight is 294 g/mol. The van der Waals surface area contributed by atoms with Gasteiger partial charge < -0.3 is 16.6 Å². The van der Waals surface area contributed by atoms with Crippen LogP contribution in [0.2, 0.25) is 0 Å². The normalized spacial score (nSPS) is 10.8. The van der Waals surface area contributed by atoms with Crippen molar-refractivity contribution in [3.63, 3.8) is 0 Å². The Bertz CT molecular complexity index is 513. The maximum Gasteiger partial charge on any atom is 0.321 e. The lowest BCUT2D eigenvalue weighted by atomic mass is 10.1. The van der Waals surface area contributed by atoms with Gasteiger partial charge in [0.05, 0.1) is 12.8 Å². The van der Waals surface area contributed by atoms with E-state index in [-0.39, 0.29) is 24.4 Å². The maximum absolute atomic E-state index is 11.2. The fourth-order valence-corrected chi connectivity index (χ4v) is 1.26. The Morgan fingerprint density at radius 3 is 2.00 bits per heavy atom. The molecular formula is C14H18N2O5. The number of primary amides is 1. The van der Waals surface area contributed by atoms with Crippen LogP contribution in [0.1, 0.15) is 30.1 Å². The van der Waals surface area contributed by atoms with E-state index in [1.54, 1.807) is 24.3 Å². The molecule has 1 rings (SSSR count). The highest BCUT2D eigenvalue weighted by Gasteiger charge is 2.13. The van der Waals surface area contributed by atoms with Crippen molar-refractivity contribution < 1.29 is 24.3 Å². The first-order valence-corrected chi connectivity index (χ1v) is 6.08. The Morgan fingerprint density at radius 2 is 1.67 bits per heavy atom. The van der Waals surface area contributed by atoms with Crippen molar-refractivity contribution in [1.29, 1.82) is 0 Å². The molecule has 0 fully saturated rings. The van der Waals surface area contributed by atoms with Gasteiger partial charge >= 0.3 is 5.97 Å². The third-order valence-corrected chi connectivity index (χ3v) is 2.24. The van der Waals surface area contributed by atoms with Gasteiger partial charge in [-0.3, -0.25) is 19.2 Å². The smallest absolute Gasteiger partial charge is 0.321 e. The van der Waals surface area contributed by atoms with E-state index in [0.29, 0.717) is 5.56 Å². The van der Waals surface area contributed by atoms with Gasteiger partial charge in [-0.15, -0.1) is 0 Å². The number of amides is 1. The number of ketones is 2. The quantitative estimate of drug-likeness (QED) is 0.502. The van der Waals surface area contributed by atoms with Crippen molar-refractivity contribution in [2.24, 2.45) is 11.5 Å². The molecule has 1 aromatic carbocycles. The molecule has 0 aromatic heterocycles. The molecular weight excluding hydrogens is 276 g/mol. The molecule has 0 aliphatic rings. The molecule has 0 aliphatic carbocycles. The van der Waals surface area contributed by atoms with Gasteiger partial charge in [0.1, 0.15) is 11.8 Å². The van der Waals surface area contributed by atoms with E-state index < -0.39 is 17.9 Å². The summed E-state index contributed by atoms with van der Waals surface area (Å²) in [6.07, 6.45) is -0.306. The summed E-state index contributed by atoms with van der Waals surface area (Å²) in [5.41, 5.74) is 10.2. The fraction of sp³-hybridized carbons (Fsp3) is 0.286. The molecule has 0 bridgehead atoms. The van der Waals surface area contributed by atoms with Gasteiger partial charge in [0.15, 0.2) is 5.78 Å². The molecule has 0 unspecified atom stereocenters. The largest absolute Gasteiger partial charge is 0.480 e. The van der Waals surface area contributed by atoms with Crippen molar-refractivity contribution in [2.75, 3.05) is 0 Å². The second-order valence-corrected chi connectivity index (χ2v) is 4.28. The van der Waals surface area contributed by atoms with Crippen molar-refractivity contribution in [1.82, 2.24) is 0 Å². The van der Waals surface area contributed by atoms with Crippen molar-refractivity contribution in [2.45, 2.75) is 25.8 Å². The summed E-state index contributed by atoms with van der Waals surface area (Å²) in [6.45, 7) is 1.42. The monoisotopic (exact) mass is 294 g/mol. The molecule has 114 valence electrons. The second-order valence-electron chi connectivity index (χ2n) is 4.28. The van der Waals surface area contributed by atoms with E-state index in [1.165, 1.54) is 6.92 Å². The third-order valence-electron chi connectivity index (χ3n) is 2.24. The standard InChI is InChI=1S/C10H10O2.C4H8N2O3/c1-8(11)7-10(12)9-5-3-2-4-6-9;5-2(4(8)9)1-3(6)7/h2-6H,7H2,1H3;2H,1,5H2,(H2,6,7)(H,8,9)/t;2-/m.0/s1. The molecule has 1 atom stereocenters. The number of carboxylic acid groups (broad SMARTS) is 1. The molecule has 1 aromatic rings. The number of carbonyl (C=O) groups is 4. The summed E-state index contributed by atoms with van der Waals surface area (Å²) < 4.78 is 0. The van der Waals surface area contributed by atoms with Crippen LogP contribution in [0.25, 0.3) is 0 Å². The minimum atomic E-state index is -1.21. The predicted molar refractivity (Wildman–Crippen MR) is 75.5 cm³/mol. The number of aliphatic carboxylic acids is 1. The molecule has 7 heteroatoms. The lowest BCUT2D eigenvalue weighted by Crippen LogP contribution is -2.34. The molecule has 0 spiro atoms. The minimum Gasteiger partial charge on any atom is -0.480 e. The van der Waals surface area contributed by atoms with E-state index in [2.05, 4.69) is 5.73 Å². The van der Waals surface area contributed by atoms with Gasteiger partial charge in [-0.25, -0.2) is 0 Å². The topological polar surface area (TPSA) is 141 Å². The van der Waals surface area contributed by atoms with Crippen LogP contribution in [0.4, 0.5) is 0 Å². The Kier molecular flexibility index (Phi) is 8.24. The first-order valence-electron chi connectivity index (χ1n) is 6.08. The van der Waals surface area contributed by atoms with Crippen LogP contribution in [-0.2, 0) is 14.4 Å². The zero-order valence-corrected chi connectivity index (χ0v) is 11.6. The highest BCUT2D eigenvalue weighted by atomic mass is 16.4. The molecule has 21 heavy (non-hydrogen) atoms. The van der Waals surface area contributed by atoms with Gasteiger partial charge in [0.25, 0.3) is 0 Å². The Balaban J connectivity index is 0.000000400. The predicted octanol–water partition coefficient (Wildman–Crippen LogP) is 0.122. The summed E-state index contributed by atoms with van der Waals surface area (Å²) in [5, 5.41) is 8.10. The van der Waals surface area contributed by atoms with Crippen LogP contribution < -0.4 is 11.5 Å². The molecule has 1 amide bonds. The first-order chi connectivity index (χ1) is 9.73. The lowest BCUT2D eigenvalue weighted by Gasteiger charge is -1.99. The molecule has 0 heterocycles. The Morgan fingerprint density at radius 1 is 1.14 bits per heavy atom. The number of carboxylic acids is 1. The van der Waals surface area contributed by atoms with Crippen LogP contribution in [0.5, 0.6) is 0 Å². The summed E-state index contributed by atoms with van der Waals surface area (Å²) in [7, 11) is 0. The average Bonchev–Trinajstić information content (AvgIpc) is 2.38. The zero-order valence-electron chi connectivity index (χ0n) is 11.6. The van der Waals surface area contributed by atoms with E-state index in [1.807, 2.05) is 6.07 Å². The second kappa shape index (κ2) is 9.38. The van der Waals surface area contributed by atoms with Crippen molar-refractivity contribution >= 4 is 23.4 Å². The van der Waals surface area contributed by atoms with E-state index >= 15 is 0 Å². The van der Waals surface area contributed by atoms with E-state index in [4.69, 9.17) is 10.8 Å². The summed E-state index contributed by atoms with van der Waals surface area (Å²) in [4.78, 5) is 41.7. The van der Waals surface area contributed by atoms with Crippen LogP contribution in [0, 0.1) is 0 Å². The zero-order chi connectivity index (χ0) is 16.4. The Hall–Kier alpha value is -2.54. The van der Waals surface area contributed by atoms with Gasteiger partial charge in [0.2, 0.25) is 5.91 Å². The maximum atomic E-state index is 11.2. The first kappa shape index (κ1) is 18.5. The summed E-state index contributed by atoms with van der Waals surface area (Å²) in [6, 6.07) is 7.67.